The lowest BCUT2D eigenvalue weighted by atomic mass is 10.1. The number of carbonyl (C=O) groups is 2. The fourth-order valence-corrected chi connectivity index (χ4v) is 5.55. The summed E-state index contributed by atoms with van der Waals surface area (Å²) in [5.41, 5.74) is 8.32. The lowest BCUT2D eigenvalue weighted by Crippen LogP contribution is -2.38. The molecule has 3 aromatic rings. The Bertz CT molecular complexity index is 1520. The van der Waals surface area contributed by atoms with E-state index < -0.39 is 0 Å². The standard InChI is InChI=1S/C33H39N7O3S/c1-3-5-22-13-16-35-28(20-22)38-32(42)23-7-11-26(12-8-23)43-27-14-17-36-31(34)30(27)33(44)37-24-15-19-40(21-24)29(41)6-4-18-39(2)25-9-10-25/h4,6-8,11-14,16-17,20,24-25H,3,5,9-10,15,18-19,21H2,1-2H3,(H2,34,36)(H,37,44)(H,35,38,42)/b6-4+. The predicted octanol–water partition coefficient (Wildman–Crippen LogP) is 4.57. The third-order valence-electron chi connectivity index (χ3n) is 7.78. The van der Waals surface area contributed by atoms with E-state index >= 15 is 0 Å². The van der Waals surface area contributed by atoms with E-state index in [4.69, 9.17) is 22.7 Å². The third-order valence-corrected chi connectivity index (χ3v) is 8.10. The highest BCUT2D eigenvalue weighted by Crippen LogP contribution is 2.29. The molecule has 1 atom stereocenters. The SMILES string of the molecule is CCCc1ccnc(NC(=O)c2ccc(Oc3ccnc(N)c3C(=S)NC3CCN(C(=O)/C=C/CN(C)C4CC4)C3)cc2)c1. The van der Waals surface area contributed by atoms with Crippen LogP contribution in [0.25, 0.3) is 0 Å². The van der Waals surface area contributed by atoms with Crippen molar-refractivity contribution < 1.29 is 14.3 Å². The molecule has 0 bridgehead atoms. The molecule has 1 aromatic carbocycles. The number of nitrogens with one attached hydrogen (secondary N) is 2. The monoisotopic (exact) mass is 613 g/mol. The summed E-state index contributed by atoms with van der Waals surface area (Å²) in [5.74, 6) is 1.45. The van der Waals surface area contributed by atoms with Crippen LogP contribution in [0.2, 0.25) is 0 Å². The van der Waals surface area contributed by atoms with Crippen molar-refractivity contribution in [1.82, 2.24) is 25.1 Å². The number of nitrogens with two attached hydrogens (primary N) is 1. The van der Waals surface area contributed by atoms with Gasteiger partial charge >= 0.3 is 0 Å². The highest BCUT2D eigenvalue weighted by Gasteiger charge is 2.28. The molecular weight excluding hydrogens is 574 g/mol. The molecule has 44 heavy (non-hydrogen) atoms. The van der Waals surface area contributed by atoms with E-state index in [2.05, 4.69) is 39.5 Å². The van der Waals surface area contributed by atoms with Gasteiger partial charge in [0.2, 0.25) is 5.91 Å². The Morgan fingerprint density at radius 1 is 1.14 bits per heavy atom. The molecule has 3 heterocycles. The molecule has 10 nitrogen and oxygen atoms in total. The maximum atomic E-state index is 12.8. The highest BCUT2D eigenvalue weighted by molar-refractivity contribution is 7.80. The molecule has 2 amide bonds. The normalized spacial score (nSPS) is 16.3. The van der Waals surface area contributed by atoms with Gasteiger partial charge in [-0.1, -0.05) is 31.6 Å². The van der Waals surface area contributed by atoms with Crippen LogP contribution in [0.4, 0.5) is 11.6 Å². The number of ether oxygens (including phenoxy) is 1. The zero-order valence-corrected chi connectivity index (χ0v) is 26.0. The Kier molecular flexibility index (Phi) is 10.2. The number of nitrogens with zero attached hydrogens (tertiary/aromatic N) is 4. The Labute approximate surface area is 263 Å². The van der Waals surface area contributed by atoms with Gasteiger partial charge in [0.25, 0.3) is 5.91 Å². The number of pyridine rings is 2. The number of rotatable bonds is 12. The molecule has 2 fully saturated rings. The van der Waals surface area contributed by atoms with E-state index in [1.165, 1.54) is 12.8 Å². The van der Waals surface area contributed by atoms with Crippen LogP contribution in [0.5, 0.6) is 11.5 Å². The van der Waals surface area contributed by atoms with Crippen molar-refractivity contribution in [3.63, 3.8) is 0 Å². The minimum atomic E-state index is -0.262. The van der Waals surface area contributed by atoms with Crippen molar-refractivity contribution in [2.45, 2.75) is 51.1 Å². The third kappa shape index (κ3) is 8.18. The molecule has 1 saturated carbocycles. The molecule has 230 valence electrons. The number of likely N-dealkylation sites (tertiary alicyclic amines) is 1. The van der Waals surface area contributed by atoms with Gasteiger partial charge in [-0.3, -0.25) is 14.5 Å². The number of anilines is 2. The number of nitrogen functional groups attached to an aromatic ring is 1. The van der Waals surface area contributed by atoms with Crippen LogP contribution in [0, 0.1) is 0 Å². The van der Waals surface area contributed by atoms with Crippen molar-refractivity contribution in [2.75, 3.05) is 37.7 Å². The molecule has 1 saturated heterocycles. The van der Waals surface area contributed by atoms with Crippen molar-refractivity contribution >= 4 is 40.7 Å². The summed E-state index contributed by atoms with van der Waals surface area (Å²) in [6.07, 6.45) is 12.0. The number of aromatic nitrogens is 2. The summed E-state index contributed by atoms with van der Waals surface area (Å²) in [6.45, 7) is 4.08. The van der Waals surface area contributed by atoms with Crippen LogP contribution < -0.4 is 21.1 Å². The smallest absolute Gasteiger partial charge is 0.256 e. The summed E-state index contributed by atoms with van der Waals surface area (Å²) < 4.78 is 6.15. The molecule has 0 spiro atoms. The maximum absolute atomic E-state index is 12.8. The molecule has 2 aliphatic rings. The second-order valence-corrected chi connectivity index (χ2v) is 11.7. The van der Waals surface area contributed by atoms with Crippen LogP contribution in [0.15, 0.2) is 67.0 Å². The van der Waals surface area contributed by atoms with Gasteiger partial charge in [0.05, 0.1) is 5.56 Å². The van der Waals surface area contributed by atoms with E-state index in [9.17, 15) is 9.59 Å². The van der Waals surface area contributed by atoms with E-state index in [0.717, 1.165) is 31.4 Å². The fraction of sp³-hybridized carbons (Fsp3) is 0.364. The lowest BCUT2D eigenvalue weighted by Gasteiger charge is -2.19. The first kappa shape index (κ1) is 31.1. The van der Waals surface area contributed by atoms with Crippen molar-refractivity contribution in [3.05, 3.63) is 83.7 Å². The number of likely N-dealkylation sites (N-methyl/N-ethyl adjacent to an activating group) is 1. The Morgan fingerprint density at radius 2 is 1.91 bits per heavy atom. The van der Waals surface area contributed by atoms with Gasteiger partial charge in [-0.15, -0.1) is 0 Å². The second-order valence-electron chi connectivity index (χ2n) is 11.3. The van der Waals surface area contributed by atoms with Gasteiger partial charge < -0.3 is 26.0 Å². The van der Waals surface area contributed by atoms with E-state index in [1.54, 1.807) is 48.8 Å². The van der Waals surface area contributed by atoms with E-state index in [0.29, 0.717) is 52.6 Å². The number of hydrogen-bond acceptors (Lipinski definition) is 8. The van der Waals surface area contributed by atoms with Crippen LogP contribution in [0.1, 0.15) is 54.1 Å². The molecule has 2 aromatic heterocycles. The predicted molar refractivity (Wildman–Crippen MR) is 176 cm³/mol. The van der Waals surface area contributed by atoms with Crippen LogP contribution in [0.3, 0.4) is 0 Å². The number of amides is 2. The van der Waals surface area contributed by atoms with Crippen molar-refractivity contribution in [1.29, 1.82) is 0 Å². The largest absolute Gasteiger partial charge is 0.456 e. The van der Waals surface area contributed by atoms with Gasteiger partial charge in [0.1, 0.15) is 28.1 Å². The average molecular weight is 614 g/mol. The van der Waals surface area contributed by atoms with E-state index in [-0.39, 0.29) is 23.7 Å². The minimum Gasteiger partial charge on any atom is -0.456 e. The second kappa shape index (κ2) is 14.4. The zero-order valence-electron chi connectivity index (χ0n) is 25.2. The van der Waals surface area contributed by atoms with Crippen LogP contribution in [-0.2, 0) is 11.2 Å². The zero-order chi connectivity index (χ0) is 31.1. The summed E-state index contributed by atoms with van der Waals surface area (Å²) in [5, 5.41) is 6.20. The first-order valence-corrected chi connectivity index (χ1v) is 15.5. The first-order chi connectivity index (χ1) is 21.3. The first-order valence-electron chi connectivity index (χ1n) is 15.1. The van der Waals surface area contributed by atoms with Crippen molar-refractivity contribution in [2.24, 2.45) is 0 Å². The lowest BCUT2D eigenvalue weighted by molar-refractivity contribution is -0.125. The minimum absolute atomic E-state index is 0.00716. The maximum Gasteiger partial charge on any atom is 0.256 e. The fourth-order valence-electron chi connectivity index (χ4n) is 5.17. The molecule has 11 heteroatoms. The Hall–Kier alpha value is -4.35. The van der Waals surface area contributed by atoms with Gasteiger partial charge in [-0.05, 0) is 74.7 Å². The van der Waals surface area contributed by atoms with Gasteiger partial charge in [0.15, 0.2) is 0 Å². The summed E-state index contributed by atoms with van der Waals surface area (Å²) in [4.78, 5) is 38.5. The molecule has 4 N–H and O–H groups in total. The van der Waals surface area contributed by atoms with Gasteiger partial charge in [0, 0.05) is 61.8 Å². The quantitative estimate of drug-likeness (QED) is 0.199. The van der Waals surface area contributed by atoms with Crippen LogP contribution in [-0.4, -0.2) is 75.3 Å². The van der Waals surface area contributed by atoms with Gasteiger partial charge in [-0.25, -0.2) is 9.97 Å². The molecule has 0 radical (unpaired) electrons. The molecule has 1 aliphatic heterocycles. The summed E-state index contributed by atoms with van der Waals surface area (Å²) in [7, 11) is 2.09. The number of benzene rings is 1. The van der Waals surface area contributed by atoms with Crippen molar-refractivity contribution in [3.8, 4) is 11.5 Å². The number of hydrogen-bond donors (Lipinski definition) is 3. The van der Waals surface area contributed by atoms with Gasteiger partial charge in [-0.2, -0.15) is 0 Å². The molecular formula is C33H39N7O3S. The number of carbonyl (C=O) groups excluding carboxylic acids is 2. The Morgan fingerprint density at radius 3 is 2.66 bits per heavy atom. The molecule has 1 unspecified atom stereocenters. The molecule has 5 rings (SSSR count). The van der Waals surface area contributed by atoms with Crippen LogP contribution >= 0.6 is 12.2 Å². The highest BCUT2D eigenvalue weighted by atomic mass is 32.1. The topological polar surface area (TPSA) is 126 Å². The summed E-state index contributed by atoms with van der Waals surface area (Å²) >= 11 is 5.73. The molecule has 1 aliphatic carbocycles. The number of aryl methyl sites for hydroxylation is 1. The average Bonchev–Trinajstić information content (AvgIpc) is 3.76. The summed E-state index contributed by atoms with van der Waals surface area (Å²) in [6, 6.07) is 13.0. The van der Waals surface area contributed by atoms with E-state index in [1.807, 2.05) is 23.1 Å². The number of thiocarbonyl (C=S) groups is 1. The Balaban J connectivity index is 1.17.